The number of rotatable bonds is 7. The summed E-state index contributed by atoms with van der Waals surface area (Å²) in [5, 5.41) is 0. The van der Waals surface area contributed by atoms with Crippen LogP contribution >= 0.6 is 0 Å². The van der Waals surface area contributed by atoms with Gasteiger partial charge < -0.3 is 9.29 Å². The monoisotopic (exact) mass is 263 g/mol. The number of methoxy groups -OCH3 is 1. The molecular weight excluding hydrogens is 238 g/mol. The molecule has 0 spiro atoms. The molecule has 0 rings (SSSR count). The standard InChI is InChI=1S/C12H25NO3S/c1-11(2,7-10(14)16-5)8-12(3,4)9-13-17(6)15/h13H,7-9H2,1-6H3. The summed E-state index contributed by atoms with van der Waals surface area (Å²) in [5.74, 6) is -0.183. The van der Waals surface area contributed by atoms with Crippen molar-refractivity contribution in [3.63, 3.8) is 0 Å². The van der Waals surface area contributed by atoms with E-state index in [1.807, 2.05) is 0 Å². The summed E-state index contributed by atoms with van der Waals surface area (Å²) < 4.78 is 18.6. The first-order valence-electron chi connectivity index (χ1n) is 5.72. The highest BCUT2D eigenvalue weighted by molar-refractivity contribution is 7.88. The molecule has 0 aromatic rings. The molecule has 102 valence electrons. The van der Waals surface area contributed by atoms with Gasteiger partial charge in [-0.1, -0.05) is 27.7 Å². The molecule has 0 saturated carbocycles. The number of ether oxygens (including phenoxy) is 1. The third-order valence-electron chi connectivity index (χ3n) is 2.56. The van der Waals surface area contributed by atoms with Gasteiger partial charge in [0.2, 0.25) is 0 Å². The Hall–Kier alpha value is -0.260. The zero-order valence-electron chi connectivity index (χ0n) is 11.8. The van der Waals surface area contributed by atoms with E-state index < -0.39 is 11.4 Å². The lowest BCUT2D eigenvalue weighted by Gasteiger charge is -2.34. The molecule has 0 saturated heterocycles. The second-order valence-electron chi connectivity index (χ2n) is 6.03. The Kier molecular flexibility index (Phi) is 6.51. The number of carbonyl (C=O) groups is 1. The van der Waals surface area contributed by atoms with Crippen LogP contribution in [0.4, 0.5) is 0 Å². The molecule has 0 aliphatic rings. The fourth-order valence-corrected chi connectivity index (χ4v) is 2.77. The van der Waals surface area contributed by atoms with Crippen molar-refractivity contribution >= 4 is 17.3 Å². The van der Waals surface area contributed by atoms with Gasteiger partial charge in [0.05, 0.1) is 13.5 Å². The van der Waals surface area contributed by atoms with Gasteiger partial charge in [0.25, 0.3) is 0 Å². The Bertz CT molecular complexity index is 252. The van der Waals surface area contributed by atoms with Crippen molar-refractivity contribution in [3.05, 3.63) is 0 Å². The van der Waals surface area contributed by atoms with Gasteiger partial charge in [0.1, 0.15) is 6.26 Å². The smallest absolute Gasteiger partial charge is 0.306 e. The van der Waals surface area contributed by atoms with Gasteiger partial charge in [-0.15, -0.1) is 4.72 Å². The van der Waals surface area contributed by atoms with Gasteiger partial charge in [-0.25, -0.2) is 0 Å². The third-order valence-corrected chi connectivity index (χ3v) is 3.11. The summed E-state index contributed by atoms with van der Waals surface area (Å²) in [6.07, 6.45) is 2.89. The maximum atomic E-state index is 11.3. The summed E-state index contributed by atoms with van der Waals surface area (Å²) in [5.41, 5.74) is -0.128. The van der Waals surface area contributed by atoms with E-state index in [4.69, 9.17) is 4.74 Å². The Balaban J connectivity index is 4.31. The lowest BCUT2D eigenvalue weighted by molar-refractivity contribution is -0.143. The van der Waals surface area contributed by atoms with Gasteiger partial charge in [-0.05, 0) is 17.3 Å². The molecule has 0 fully saturated rings. The van der Waals surface area contributed by atoms with Crippen molar-refractivity contribution in [2.75, 3.05) is 19.9 Å². The molecule has 1 N–H and O–H groups in total. The Morgan fingerprint density at radius 2 is 1.82 bits per heavy atom. The van der Waals surface area contributed by atoms with Crippen LogP contribution in [0.2, 0.25) is 0 Å². The van der Waals surface area contributed by atoms with E-state index in [1.165, 1.54) is 7.11 Å². The highest BCUT2D eigenvalue weighted by atomic mass is 32.2. The van der Waals surface area contributed by atoms with E-state index in [2.05, 4.69) is 32.4 Å². The maximum Gasteiger partial charge on any atom is 0.306 e. The van der Waals surface area contributed by atoms with Gasteiger partial charge in [0, 0.05) is 17.9 Å². The Morgan fingerprint density at radius 3 is 2.24 bits per heavy atom. The van der Waals surface area contributed by atoms with Crippen LogP contribution < -0.4 is 4.72 Å². The SMILES string of the molecule is COC(=O)CC(C)(C)CC(C)(C)CN[S+](C)[O-]. The second-order valence-corrected chi connectivity index (χ2v) is 7.23. The molecule has 5 heteroatoms. The average Bonchev–Trinajstić information content (AvgIpc) is 2.12. The topological polar surface area (TPSA) is 61.4 Å². The summed E-state index contributed by atoms with van der Waals surface area (Å²) in [4.78, 5) is 11.3. The number of esters is 1. The quantitative estimate of drug-likeness (QED) is 0.563. The van der Waals surface area contributed by atoms with Crippen molar-refractivity contribution in [3.8, 4) is 0 Å². The minimum atomic E-state index is -0.994. The molecule has 0 heterocycles. The zero-order chi connectivity index (χ0) is 13.7. The lowest BCUT2D eigenvalue weighted by atomic mass is 9.73. The van der Waals surface area contributed by atoms with Crippen molar-refractivity contribution in [1.29, 1.82) is 0 Å². The minimum absolute atomic E-state index is 0.0107. The van der Waals surface area contributed by atoms with Crippen molar-refractivity contribution in [2.45, 2.75) is 40.5 Å². The maximum absolute atomic E-state index is 11.3. The van der Waals surface area contributed by atoms with E-state index in [9.17, 15) is 9.35 Å². The third kappa shape index (κ3) is 8.46. The molecule has 1 unspecified atom stereocenters. The molecular formula is C12H25NO3S. The van der Waals surface area contributed by atoms with Gasteiger partial charge in [-0.2, -0.15) is 0 Å². The van der Waals surface area contributed by atoms with E-state index in [0.717, 1.165) is 6.42 Å². The normalized spacial score (nSPS) is 14.5. The van der Waals surface area contributed by atoms with E-state index >= 15 is 0 Å². The van der Waals surface area contributed by atoms with Crippen LogP contribution in [-0.4, -0.2) is 30.4 Å². The minimum Gasteiger partial charge on any atom is -0.598 e. The first-order chi connectivity index (χ1) is 7.58. The molecule has 0 amide bonds. The second kappa shape index (κ2) is 6.61. The molecule has 0 aliphatic carbocycles. The van der Waals surface area contributed by atoms with E-state index in [-0.39, 0.29) is 16.8 Å². The average molecular weight is 263 g/mol. The van der Waals surface area contributed by atoms with E-state index in [0.29, 0.717) is 13.0 Å². The fourth-order valence-electron chi connectivity index (χ4n) is 2.18. The van der Waals surface area contributed by atoms with Crippen molar-refractivity contribution in [1.82, 2.24) is 4.72 Å². The predicted molar refractivity (Wildman–Crippen MR) is 70.9 cm³/mol. The van der Waals surface area contributed by atoms with Crippen LogP contribution in [0, 0.1) is 10.8 Å². The molecule has 0 aromatic carbocycles. The molecule has 0 radical (unpaired) electrons. The molecule has 17 heavy (non-hydrogen) atoms. The Labute approximate surface area is 108 Å². The molecule has 0 bridgehead atoms. The molecule has 1 atom stereocenters. The van der Waals surface area contributed by atoms with Gasteiger partial charge in [0.15, 0.2) is 0 Å². The number of carbonyl (C=O) groups excluding carboxylic acids is 1. The van der Waals surface area contributed by atoms with Crippen LogP contribution in [-0.2, 0) is 20.9 Å². The Morgan fingerprint density at radius 1 is 1.29 bits per heavy atom. The summed E-state index contributed by atoms with van der Waals surface area (Å²) in [7, 11) is 1.41. The zero-order valence-corrected chi connectivity index (χ0v) is 12.6. The summed E-state index contributed by atoms with van der Waals surface area (Å²) in [6, 6.07) is 0. The van der Waals surface area contributed by atoms with Gasteiger partial charge >= 0.3 is 5.97 Å². The summed E-state index contributed by atoms with van der Waals surface area (Å²) in [6.45, 7) is 8.97. The van der Waals surface area contributed by atoms with Crippen LogP contribution in [0.15, 0.2) is 0 Å². The largest absolute Gasteiger partial charge is 0.598 e. The molecule has 0 aliphatic heterocycles. The first kappa shape index (κ1) is 16.7. The van der Waals surface area contributed by atoms with Crippen LogP contribution in [0.25, 0.3) is 0 Å². The number of hydrogen-bond acceptors (Lipinski definition) is 4. The van der Waals surface area contributed by atoms with E-state index in [1.54, 1.807) is 6.26 Å². The first-order valence-corrected chi connectivity index (χ1v) is 7.27. The predicted octanol–water partition coefficient (Wildman–Crippen LogP) is 1.88. The highest BCUT2D eigenvalue weighted by Gasteiger charge is 2.31. The van der Waals surface area contributed by atoms with Crippen LogP contribution in [0.3, 0.4) is 0 Å². The van der Waals surface area contributed by atoms with Crippen LogP contribution in [0.1, 0.15) is 40.5 Å². The lowest BCUT2D eigenvalue weighted by Crippen LogP contribution is -2.36. The highest BCUT2D eigenvalue weighted by Crippen LogP contribution is 2.36. The molecule has 0 aromatic heterocycles. The van der Waals surface area contributed by atoms with Gasteiger partial charge in [-0.3, -0.25) is 4.79 Å². The summed E-state index contributed by atoms with van der Waals surface area (Å²) >= 11 is -0.994. The number of hydrogen-bond donors (Lipinski definition) is 1. The fraction of sp³-hybridized carbons (Fsp3) is 0.917. The number of nitrogens with one attached hydrogen (secondary N) is 1. The van der Waals surface area contributed by atoms with Crippen molar-refractivity contribution < 1.29 is 14.1 Å². The van der Waals surface area contributed by atoms with Crippen LogP contribution in [0.5, 0.6) is 0 Å². The van der Waals surface area contributed by atoms with Crippen molar-refractivity contribution in [2.24, 2.45) is 10.8 Å². The molecule has 4 nitrogen and oxygen atoms in total.